The van der Waals surface area contributed by atoms with Crippen molar-refractivity contribution in [3.8, 4) is 5.75 Å². The molecule has 0 fully saturated rings. The number of amides is 1. The quantitative estimate of drug-likeness (QED) is 0.259. The average Bonchev–Trinajstić information content (AvgIpc) is 3.43. The van der Waals surface area contributed by atoms with Gasteiger partial charge in [-0.1, -0.05) is 49.7 Å². The van der Waals surface area contributed by atoms with Crippen molar-refractivity contribution in [2.75, 3.05) is 11.5 Å². The summed E-state index contributed by atoms with van der Waals surface area (Å²) >= 11 is 6.10. The molecule has 0 saturated heterocycles. The maximum Gasteiger partial charge on any atom is 0.294 e. The number of ketones is 1. The Morgan fingerprint density at radius 2 is 1.76 bits per heavy atom. The average molecular weight is 516 g/mol. The van der Waals surface area contributed by atoms with E-state index in [-0.39, 0.29) is 11.3 Å². The maximum absolute atomic E-state index is 13.8. The molecule has 1 N–H and O–H groups in total. The molecule has 0 spiro atoms. The third kappa shape index (κ3) is 4.49. The molecular formula is C30H26ClNO5. The van der Waals surface area contributed by atoms with Crippen LogP contribution in [0.4, 0.5) is 5.69 Å². The number of benzene rings is 3. The van der Waals surface area contributed by atoms with Gasteiger partial charge in [-0.3, -0.25) is 14.5 Å². The molecule has 188 valence electrons. The van der Waals surface area contributed by atoms with Gasteiger partial charge in [0.25, 0.3) is 5.91 Å². The van der Waals surface area contributed by atoms with Gasteiger partial charge in [-0.25, -0.2) is 0 Å². The number of carbonyl (C=O) groups excluding carboxylic acids is 2. The van der Waals surface area contributed by atoms with Crippen molar-refractivity contribution in [3.63, 3.8) is 0 Å². The van der Waals surface area contributed by atoms with Gasteiger partial charge in [-0.05, 0) is 72.5 Å². The van der Waals surface area contributed by atoms with Gasteiger partial charge in [-0.2, -0.15) is 0 Å². The number of fused-ring (bicyclic) bond motifs is 1. The highest BCUT2D eigenvalue weighted by molar-refractivity contribution is 6.31. The largest absolute Gasteiger partial charge is 0.503 e. The van der Waals surface area contributed by atoms with Gasteiger partial charge in [0.2, 0.25) is 5.78 Å². The summed E-state index contributed by atoms with van der Waals surface area (Å²) in [5.41, 5.74) is 2.78. The highest BCUT2D eigenvalue weighted by Crippen LogP contribution is 2.43. The molecule has 1 amide bonds. The third-order valence-corrected chi connectivity index (χ3v) is 6.73. The van der Waals surface area contributed by atoms with Gasteiger partial charge >= 0.3 is 0 Å². The number of aliphatic hydroxyl groups excluding tert-OH is 1. The highest BCUT2D eigenvalue weighted by Gasteiger charge is 2.45. The van der Waals surface area contributed by atoms with E-state index in [4.69, 9.17) is 20.8 Å². The number of ether oxygens (including phenoxy) is 1. The molecule has 37 heavy (non-hydrogen) atoms. The summed E-state index contributed by atoms with van der Waals surface area (Å²) in [5.74, 6) is -0.840. The number of rotatable bonds is 7. The summed E-state index contributed by atoms with van der Waals surface area (Å²) < 4.78 is 11.3. The zero-order chi connectivity index (χ0) is 26.3. The lowest BCUT2D eigenvalue weighted by atomic mass is 9.92. The molecular weight excluding hydrogens is 490 g/mol. The Balaban J connectivity index is 1.62. The van der Waals surface area contributed by atoms with E-state index in [0.29, 0.717) is 45.5 Å². The lowest BCUT2D eigenvalue weighted by Gasteiger charge is -2.27. The van der Waals surface area contributed by atoms with Gasteiger partial charge in [0.15, 0.2) is 11.5 Å². The summed E-state index contributed by atoms with van der Waals surface area (Å²) in [6.45, 7) is 6.58. The van der Waals surface area contributed by atoms with Crippen molar-refractivity contribution in [2.45, 2.75) is 32.7 Å². The Bertz CT molecular complexity index is 1520. The molecule has 6 nitrogen and oxygen atoms in total. The van der Waals surface area contributed by atoms with Crippen LogP contribution in [0.5, 0.6) is 5.75 Å². The summed E-state index contributed by atoms with van der Waals surface area (Å²) in [4.78, 5) is 28.6. The van der Waals surface area contributed by atoms with Crippen molar-refractivity contribution < 1.29 is 23.8 Å². The standard InChI is InChI=1S/C30H26ClNO5/c1-4-36-23-12-10-22(11-13-23)32-27(19-7-5-18(6-8-19)17(2)3)26(29(34)30(32)35)28(33)25-16-20-15-21(31)9-14-24(20)37-25/h5-17,27,34H,4H2,1-3H3. The van der Waals surface area contributed by atoms with E-state index in [1.807, 2.05) is 31.2 Å². The summed E-state index contributed by atoms with van der Waals surface area (Å²) in [6.07, 6.45) is 0. The fraction of sp³-hybridized carbons (Fsp3) is 0.200. The molecule has 1 atom stereocenters. The van der Waals surface area contributed by atoms with Crippen molar-refractivity contribution >= 4 is 39.9 Å². The van der Waals surface area contributed by atoms with Gasteiger partial charge in [0.1, 0.15) is 11.3 Å². The van der Waals surface area contributed by atoms with Crippen LogP contribution in [0.15, 0.2) is 88.5 Å². The van der Waals surface area contributed by atoms with Crippen LogP contribution < -0.4 is 9.64 Å². The van der Waals surface area contributed by atoms with Crippen LogP contribution in [0.2, 0.25) is 5.02 Å². The number of hydrogen-bond donors (Lipinski definition) is 1. The molecule has 3 aromatic carbocycles. The lowest BCUT2D eigenvalue weighted by molar-refractivity contribution is -0.117. The Labute approximate surface area is 219 Å². The summed E-state index contributed by atoms with van der Waals surface area (Å²) in [6, 6.07) is 20.5. The molecule has 1 unspecified atom stereocenters. The molecule has 4 aromatic rings. The lowest BCUT2D eigenvalue weighted by Crippen LogP contribution is -2.31. The van der Waals surface area contributed by atoms with Crippen LogP contribution in [0.25, 0.3) is 11.0 Å². The minimum Gasteiger partial charge on any atom is -0.503 e. The van der Waals surface area contributed by atoms with Crippen LogP contribution in [0.3, 0.4) is 0 Å². The number of nitrogens with zero attached hydrogens (tertiary/aromatic N) is 1. The normalized spacial score (nSPS) is 15.8. The Kier molecular flexibility index (Phi) is 6.52. The van der Waals surface area contributed by atoms with Gasteiger partial charge in [0.05, 0.1) is 18.2 Å². The van der Waals surface area contributed by atoms with Gasteiger partial charge in [-0.15, -0.1) is 0 Å². The first-order chi connectivity index (χ1) is 17.8. The SMILES string of the molecule is CCOc1ccc(N2C(=O)C(O)=C(C(=O)c3cc4cc(Cl)ccc4o3)C2c2ccc(C(C)C)cc2)cc1. The van der Waals surface area contributed by atoms with Crippen LogP contribution >= 0.6 is 11.6 Å². The molecule has 1 aromatic heterocycles. The fourth-order valence-electron chi connectivity index (χ4n) is 4.61. The zero-order valence-electron chi connectivity index (χ0n) is 20.7. The second kappa shape index (κ2) is 9.79. The van der Waals surface area contributed by atoms with Crippen molar-refractivity contribution in [1.29, 1.82) is 0 Å². The van der Waals surface area contributed by atoms with Crippen LogP contribution in [-0.4, -0.2) is 23.4 Å². The van der Waals surface area contributed by atoms with E-state index >= 15 is 0 Å². The van der Waals surface area contributed by atoms with Crippen molar-refractivity contribution in [3.05, 3.63) is 106 Å². The number of hydrogen-bond acceptors (Lipinski definition) is 5. The van der Waals surface area contributed by atoms with Crippen LogP contribution in [0.1, 0.15) is 54.4 Å². The van der Waals surface area contributed by atoms with E-state index in [1.54, 1.807) is 48.5 Å². The third-order valence-electron chi connectivity index (χ3n) is 6.50. The van der Waals surface area contributed by atoms with Gasteiger partial charge < -0.3 is 14.3 Å². The number of furan rings is 1. The molecule has 2 heterocycles. The molecule has 0 radical (unpaired) electrons. The Hall–Kier alpha value is -4.03. The molecule has 0 saturated carbocycles. The van der Waals surface area contributed by atoms with E-state index in [2.05, 4.69) is 13.8 Å². The minimum atomic E-state index is -0.851. The van der Waals surface area contributed by atoms with E-state index in [1.165, 1.54) is 4.90 Å². The first kappa shape index (κ1) is 24.7. The topological polar surface area (TPSA) is 80.0 Å². The fourth-order valence-corrected chi connectivity index (χ4v) is 4.79. The van der Waals surface area contributed by atoms with Crippen molar-refractivity contribution in [2.24, 2.45) is 0 Å². The number of halogens is 1. The van der Waals surface area contributed by atoms with Crippen LogP contribution in [-0.2, 0) is 4.79 Å². The molecule has 0 bridgehead atoms. The number of aliphatic hydroxyl groups is 1. The Morgan fingerprint density at radius 1 is 1.05 bits per heavy atom. The smallest absolute Gasteiger partial charge is 0.294 e. The van der Waals surface area contributed by atoms with Crippen molar-refractivity contribution in [1.82, 2.24) is 0 Å². The summed E-state index contributed by atoms with van der Waals surface area (Å²) in [5, 5.41) is 12.2. The van der Waals surface area contributed by atoms with Crippen LogP contribution in [0, 0.1) is 0 Å². The maximum atomic E-state index is 13.8. The summed E-state index contributed by atoms with van der Waals surface area (Å²) in [7, 11) is 0. The van der Waals surface area contributed by atoms with E-state index in [0.717, 1.165) is 5.56 Å². The zero-order valence-corrected chi connectivity index (χ0v) is 21.5. The van der Waals surface area contributed by atoms with E-state index in [9.17, 15) is 14.7 Å². The second-order valence-electron chi connectivity index (χ2n) is 9.21. The second-order valence-corrected chi connectivity index (χ2v) is 9.65. The first-order valence-corrected chi connectivity index (χ1v) is 12.5. The highest BCUT2D eigenvalue weighted by atomic mass is 35.5. The number of carbonyl (C=O) groups is 2. The predicted molar refractivity (Wildman–Crippen MR) is 144 cm³/mol. The molecule has 1 aliphatic rings. The molecule has 1 aliphatic heterocycles. The molecule has 7 heteroatoms. The van der Waals surface area contributed by atoms with Gasteiger partial charge in [0, 0.05) is 16.1 Å². The van der Waals surface area contributed by atoms with E-state index < -0.39 is 23.5 Å². The monoisotopic (exact) mass is 515 g/mol. The first-order valence-electron chi connectivity index (χ1n) is 12.1. The predicted octanol–water partition coefficient (Wildman–Crippen LogP) is 7.39. The molecule has 5 rings (SSSR count). The number of anilines is 1. The minimum absolute atomic E-state index is 0.0176. The number of Topliss-reactive ketones (excluding diaryl/α,β-unsaturated/α-hetero) is 1. The Morgan fingerprint density at radius 3 is 2.41 bits per heavy atom. The molecule has 0 aliphatic carbocycles.